The summed E-state index contributed by atoms with van der Waals surface area (Å²) in [4.78, 5) is 11.8. The summed E-state index contributed by atoms with van der Waals surface area (Å²) in [7, 11) is 1.64. The minimum absolute atomic E-state index is 0.143. The quantitative estimate of drug-likeness (QED) is 0.741. The van der Waals surface area contributed by atoms with Crippen molar-refractivity contribution in [2.24, 2.45) is 0 Å². The first kappa shape index (κ1) is 14.1. The summed E-state index contributed by atoms with van der Waals surface area (Å²) >= 11 is 0. The number of carbonyl (C=O) groups is 1. The van der Waals surface area contributed by atoms with Crippen LogP contribution in [0.4, 0.5) is 0 Å². The van der Waals surface area contributed by atoms with Crippen molar-refractivity contribution in [2.45, 2.75) is 12.8 Å². The molecule has 0 spiro atoms. The zero-order valence-corrected chi connectivity index (χ0v) is 11.6. The minimum atomic E-state index is 0.143. The van der Waals surface area contributed by atoms with Gasteiger partial charge in [0.25, 0.3) is 0 Å². The lowest BCUT2D eigenvalue weighted by atomic mass is 10.1. The monoisotopic (exact) mass is 266 g/mol. The number of carbonyl (C=O) groups excluding carboxylic acids is 1. The largest absolute Gasteiger partial charge is 0.497 e. The second kappa shape index (κ2) is 7.29. The van der Waals surface area contributed by atoms with Crippen molar-refractivity contribution in [3.05, 3.63) is 71.8 Å². The number of methoxy groups -OCH3 is 1. The summed E-state index contributed by atoms with van der Waals surface area (Å²) < 4.78 is 5.09. The van der Waals surface area contributed by atoms with E-state index in [1.807, 2.05) is 60.7 Å². The van der Waals surface area contributed by atoms with E-state index in [2.05, 4.69) is 0 Å². The topological polar surface area (TPSA) is 26.3 Å². The number of hydrogen-bond donors (Lipinski definition) is 0. The van der Waals surface area contributed by atoms with Crippen LogP contribution in [0.15, 0.2) is 60.7 Å². The second-order valence-electron chi connectivity index (χ2n) is 4.56. The van der Waals surface area contributed by atoms with Gasteiger partial charge in [0.1, 0.15) is 5.75 Å². The van der Waals surface area contributed by atoms with E-state index in [1.54, 1.807) is 13.2 Å². The zero-order valence-electron chi connectivity index (χ0n) is 11.6. The van der Waals surface area contributed by atoms with E-state index in [1.165, 1.54) is 5.56 Å². The van der Waals surface area contributed by atoms with Crippen LogP contribution < -0.4 is 4.74 Å². The summed E-state index contributed by atoms with van der Waals surface area (Å²) in [5.74, 6) is 0.960. The summed E-state index contributed by atoms with van der Waals surface area (Å²) in [6.07, 6.45) is 4.81. The van der Waals surface area contributed by atoms with Crippen LogP contribution in [0.3, 0.4) is 0 Å². The minimum Gasteiger partial charge on any atom is -0.497 e. The Balaban J connectivity index is 1.85. The maximum absolute atomic E-state index is 11.8. The van der Waals surface area contributed by atoms with Crippen molar-refractivity contribution >= 4 is 11.9 Å². The fourth-order valence-electron chi connectivity index (χ4n) is 1.90. The lowest BCUT2D eigenvalue weighted by molar-refractivity contribution is -0.114. The molecule has 2 heteroatoms. The van der Waals surface area contributed by atoms with Crippen molar-refractivity contribution in [2.75, 3.05) is 7.11 Å². The van der Waals surface area contributed by atoms with E-state index in [0.29, 0.717) is 6.42 Å². The van der Waals surface area contributed by atoms with Crippen molar-refractivity contribution in [1.82, 2.24) is 0 Å². The highest BCUT2D eigenvalue weighted by Crippen LogP contribution is 2.12. The number of rotatable bonds is 6. The van der Waals surface area contributed by atoms with Crippen LogP contribution in [0, 0.1) is 0 Å². The number of aryl methyl sites for hydroxylation is 1. The molecule has 2 nitrogen and oxygen atoms in total. The van der Waals surface area contributed by atoms with E-state index in [0.717, 1.165) is 17.7 Å². The van der Waals surface area contributed by atoms with E-state index in [9.17, 15) is 4.79 Å². The van der Waals surface area contributed by atoms with Gasteiger partial charge in [0.2, 0.25) is 0 Å². The number of benzene rings is 2. The van der Waals surface area contributed by atoms with Gasteiger partial charge in [-0.05, 0) is 35.8 Å². The third-order valence-electron chi connectivity index (χ3n) is 3.08. The molecule has 0 bridgehead atoms. The third-order valence-corrected chi connectivity index (χ3v) is 3.08. The lowest BCUT2D eigenvalue weighted by Crippen LogP contribution is -1.95. The molecular formula is C18H18O2. The Morgan fingerprint density at radius 3 is 2.40 bits per heavy atom. The Morgan fingerprint density at radius 2 is 1.75 bits per heavy atom. The molecule has 0 unspecified atom stereocenters. The van der Waals surface area contributed by atoms with Crippen molar-refractivity contribution in [3.8, 4) is 5.75 Å². The standard InChI is InChI=1S/C18H18O2/c1-20-18-13-9-16(10-14-18)8-12-17(19)11-7-15-5-3-2-4-6-15/h2-6,8-10,12-14H,7,11H2,1H3/b12-8+. The zero-order chi connectivity index (χ0) is 14.2. The number of allylic oxidation sites excluding steroid dienone is 1. The highest BCUT2D eigenvalue weighted by Gasteiger charge is 1.98. The summed E-state index contributed by atoms with van der Waals surface area (Å²) in [5, 5.41) is 0. The summed E-state index contributed by atoms with van der Waals surface area (Å²) in [6, 6.07) is 17.7. The number of ether oxygens (including phenoxy) is 1. The van der Waals surface area contributed by atoms with E-state index >= 15 is 0 Å². The molecule has 0 radical (unpaired) electrons. The Hall–Kier alpha value is -2.35. The maximum atomic E-state index is 11.8. The average molecular weight is 266 g/mol. The normalized spacial score (nSPS) is 10.7. The fourth-order valence-corrected chi connectivity index (χ4v) is 1.90. The molecule has 0 aliphatic carbocycles. The molecule has 0 aliphatic heterocycles. The molecule has 2 aromatic carbocycles. The van der Waals surface area contributed by atoms with Gasteiger partial charge in [-0.3, -0.25) is 4.79 Å². The molecule has 0 N–H and O–H groups in total. The molecule has 102 valence electrons. The average Bonchev–Trinajstić information content (AvgIpc) is 2.52. The molecule has 0 fully saturated rings. The Morgan fingerprint density at radius 1 is 1.05 bits per heavy atom. The molecule has 2 aromatic rings. The van der Waals surface area contributed by atoms with Crippen LogP contribution in [0.1, 0.15) is 17.5 Å². The first-order valence-corrected chi connectivity index (χ1v) is 6.67. The van der Waals surface area contributed by atoms with Crippen LogP contribution in [0.25, 0.3) is 6.08 Å². The van der Waals surface area contributed by atoms with Gasteiger partial charge in [0, 0.05) is 6.42 Å². The van der Waals surface area contributed by atoms with Gasteiger partial charge in [-0.15, -0.1) is 0 Å². The molecule has 0 aromatic heterocycles. The predicted molar refractivity (Wildman–Crippen MR) is 81.8 cm³/mol. The van der Waals surface area contributed by atoms with Crippen molar-refractivity contribution in [3.63, 3.8) is 0 Å². The van der Waals surface area contributed by atoms with Gasteiger partial charge in [-0.2, -0.15) is 0 Å². The van der Waals surface area contributed by atoms with Gasteiger partial charge in [0.15, 0.2) is 5.78 Å². The van der Waals surface area contributed by atoms with Crippen LogP contribution >= 0.6 is 0 Å². The smallest absolute Gasteiger partial charge is 0.156 e. The van der Waals surface area contributed by atoms with Crippen LogP contribution in [-0.4, -0.2) is 12.9 Å². The maximum Gasteiger partial charge on any atom is 0.156 e. The van der Waals surface area contributed by atoms with Crippen molar-refractivity contribution in [1.29, 1.82) is 0 Å². The van der Waals surface area contributed by atoms with E-state index in [-0.39, 0.29) is 5.78 Å². The van der Waals surface area contributed by atoms with Crippen LogP contribution in [0.5, 0.6) is 5.75 Å². The van der Waals surface area contributed by atoms with Crippen molar-refractivity contribution < 1.29 is 9.53 Å². The molecule has 0 saturated carbocycles. The summed E-state index contributed by atoms with van der Waals surface area (Å²) in [5.41, 5.74) is 2.19. The molecule has 2 rings (SSSR count). The molecule has 0 heterocycles. The van der Waals surface area contributed by atoms with Gasteiger partial charge < -0.3 is 4.74 Å². The van der Waals surface area contributed by atoms with Crippen LogP contribution in [0.2, 0.25) is 0 Å². The summed E-state index contributed by atoms with van der Waals surface area (Å²) in [6.45, 7) is 0. The second-order valence-corrected chi connectivity index (χ2v) is 4.56. The highest BCUT2D eigenvalue weighted by atomic mass is 16.5. The Kier molecular flexibility index (Phi) is 5.13. The number of ketones is 1. The Bertz CT molecular complexity index is 568. The molecule has 0 amide bonds. The SMILES string of the molecule is COc1ccc(/C=C/C(=O)CCc2ccccc2)cc1. The van der Waals surface area contributed by atoms with E-state index < -0.39 is 0 Å². The Labute approximate surface area is 119 Å². The van der Waals surface area contributed by atoms with Gasteiger partial charge in [-0.1, -0.05) is 48.5 Å². The first-order chi connectivity index (χ1) is 9.78. The molecule has 20 heavy (non-hydrogen) atoms. The lowest BCUT2D eigenvalue weighted by Gasteiger charge is -1.99. The van der Waals surface area contributed by atoms with Gasteiger partial charge in [-0.25, -0.2) is 0 Å². The van der Waals surface area contributed by atoms with Gasteiger partial charge >= 0.3 is 0 Å². The number of hydrogen-bond acceptors (Lipinski definition) is 2. The van der Waals surface area contributed by atoms with E-state index in [4.69, 9.17) is 4.74 Å². The molecule has 0 saturated heterocycles. The third kappa shape index (κ3) is 4.39. The highest BCUT2D eigenvalue weighted by molar-refractivity contribution is 5.93. The fraction of sp³-hybridized carbons (Fsp3) is 0.167. The first-order valence-electron chi connectivity index (χ1n) is 6.67. The molecule has 0 atom stereocenters. The molecule has 0 aliphatic rings. The molecular weight excluding hydrogens is 248 g/mol. The van der Waals surface area contributed by atoms with Crippen LogP contribution in [-0.2, 0) is 11.2 Å². The predicted octanol–water partition coefficient (Wildman–Crippen LogP) is 3.91. The van der Waals surface area contributed by atoms with Gasteiger partial charge in [0.05, 0.1) is 7.11 Å².